The van der Waals surface area contributed by atoms with Gasteiger partial charge in [0, 0.05) is 5.41 Å². The monoisotopic (exact) mass is 566 g/mol. The van der Waals surface area contributed by atoms with Crippen LogP contribution in [0.25, 0.3) is 16.9 Å². The summed E-state index contributed by atoms with van der Waals surface area (Å²) in [6, 6.07) is 39.4. The van der Waals surface area contributed by atoms with Crippen LogP contribution in [0.5, 0.6) is 0 Å². The minimum Gasteiger partial charge on any atom is -0.179 e. The fourth-order valence-corrected chi connectivity index (χ4v) is 4.50. The molecule has 0 fully saturated rings. The summed E-state index contributed by atoms with van der Waals surface area (Å²) < 4.78 is 0. The van der Waals surface area contributed by atoms with E-state index in [4.69, 9.17) is 24.3 Å². The Morgan fingerprint density at radius 3 is 1.75 bits per heavy atom. The number of rotatable bonds is 2. The van der Waals surface area contributed by atoms with Gasteiger partial charge in [-0.3, -0.25) is 0 Å². The first-order chi connectivity index (χ1) is 17.3. The standard InChI is InChI=1S/C13H9.C12H11Si.C5H11NO.2ClH.Ti/c1-3-7-12-10(5-1)9-11-6-2-4-8-13(11)12;1-3-7-11(8-4-1)13-12-9-5-2-6-10-12;1-5(2,3)4(6)7;;;/h1-5,7-8H,9H2;1-10,13H;1-3H3,(H2,6,7);2*1H;/q-1;;;;;+2/p-3. The second kappa shape index (κ2) is 15.9. The van der Waals surface area contributed by atoms with Crippen LogP contribution >= 0.6 is 18.6 Å². The Morgan fingerprint density at radius 2 is 1.25 bits per heavy atom. The molecule has 0 heterocycles. The summed E-state index contributed by atoms with van der Waals surface area (Å²) in [5.74, 6) is -0.507. The summed E-state index contributed by atoms with van der Waals surface area (Å²) in [6.07, 6.45) is 1.05. The summed E-state index contributed by atoms with van der Waals surface area (Å²) in [7, 11) is 10.0. The van der Waals surface area contributed by atoms with Crippen molar-refractivity contribution in [1.82, 2.24) is 0 Å². The van der Waals surface area contributed by atoms with Gasteiger partial charge in [0.1, 0.15) is 9.52 Å². The van der Waals surface area contributed by atoms with E-state index < -0.39 is 28.4 Å². The minimum atomic E-state index is -0.556. The average Bonchev–Trinajstić information content (AvgIpc) is 3.25. The van der Waals surface area contributed by atoms with Crippen LogP contribution in [-0.2, 0) is 28.2 Å². The zero-order valence-corrected chi connectivity index (χ0v) is 25.0. The molecular weight excluding hydrogens is 537 g/mol. The average molecular weight is 567 g/mol. The molecule has 0 saturated carbocycles. The van der Waals surface area contributed by atoms with Crippen LogP contribution in [0.3, 0.4) is 0 Å². The second-order valence-corrected chi connectivity index (χ2v) is 13.2. The van der Waals surface area contributed by atoms with Gasteiger partial charge >= 0.3 is 35.6 Å². The number of hydrogen-bond donors (Lipinski definition) is 0. The molecule has 1 N–H and O–H groups in total. The SMILES string of the molecule is CC(C)(C)C([NH-])=O.[Cl][Ti][Cl].[c-]1cccc2c1Cc1ccccc1-2.c1ccc([SiH]c2ccccc2)cc1. The number of hydrogen-bond acceptors (Lipinski definition) is 1. The number of carbonyl (C=O) groups excluding carboxylic acids is 1. The summed E-state index contributed by atoms with van der Waals surface area (Å²) in [5, 5.41) is 2.90. The van der Waals surface area contributed by atoms with Gasteiger partial charge in [-0.15, -0.1) is 5.56 Å². The zero-order chi connectivity index (χ0) is 26.4. The van der Waals surface area contributed by atoms with Crippen molar-refractivity contribution in [2.24, 2.45) is 5.41 Å². The molecule has 185 valence electrons. The summed E-state index contributed by atoms with van der Waals surface area (Å²) >= 11 is -0.556. The van der Waals surface area contributed by atoms with E-state index in [0.717, 1.165) is 6.42 Å². The Kier molecular flexibility index (Phi) is 13.3. The molecule has 4 aromatic rings. The number of nitrogens with one attached hydrogen (secondary N) is 1. The third-order valence-corrected chi connectivity index (χ3v) is 6.67. The van der Waals surface area contributed by atoms with E-state index in [-0.39, 0.29) is 9.52 Å². The van der Waals surface area contributed by atoms with Crippen molar-refractivity contribution in [2.75, 3.05) is 0 Å². The van der Waals surface area contributed by atoms with Gasteiger partial charge in [0.05, 0.1) is 5.91 Å². The van der Waals surface area contributed by atoms with Crippen LogP contribution in [0.15, 0.2) is 103 Å². The van der Waals surface area contributed by atoms with Gasteiger partial charge < -0.3 is 10.5 Å². The molecule has 4 aromatic carbocycles. The van der Waals surface area contributed by atoms with Crippen molar-refractivity contribution in [1.29, 1.82) is 0 Å². The van der Waals surface area contributed by atoms with E-state index in [2.05, 4.69) is 103 Å². The predicted octanol–water partition coefficient (Wildman–Crippen LogP) is 7.12. The van der Waals surface area contributed by atoms with E-state index in [1.807, 2.05) is 6.07 Å². The molecule has 0 spiro atoms. The van der Waals surface area contributed by atoms with E-state index in [1.165, 1.54) is 32.6 Å². The molecule has 0 aromatic heterocycles. The number of benzene rings is 4. The van der Waals surface area contributed by atoms with Crippen LogP contribution in [0, 0.1) is 11.5 Å². The smallest absolute Gasteiger partial charge is 0.103 e. The third kappa shape index (κ3) is 10.5. The Labute approximate surface area is 234 Å². The molecule has 0 unspecified atom stereocenters. The van der Waals surface area contributed by atoms with Crippen molar-refractivity contribution in [3.8, 4) is 11.1 Å². The van der Waals surface area contributed by atoms with Crippen molar-refractivity contribution in [3.05, 3.63) is 126 Å². The maximum absolute atomic E-state index is 10.1. The second-order valence-electron chi connectivity index (χ2n) is 9.01. The summed E-state index contributed by atoms with van der Waals surface area (Å²) in [6.45, 7) is 5.17. The van der Waals surface area contributed by atoms with Crippen LogP contribution in [0.1, 0.15) is 31.9 Å². The third-order valence-electron chi connectivity index (χ3n) is 5.23. The van der Waals surface area contributed by atoms with Crippen molar-refractivity contribution in [2.45, 2.75) is 27.2 Å². The molecule has 0 saturated heterocycles. The maximum atomic E-state index is 10.1. The Balaban J connectivity index is 0.000000188. The van der Waals surface area contributed by atoms with Crippen LogP contribution < -0.4 is 10.4 Å². The fourth-order valence-electron chi connectivity index (χ4n) is 3.29. The molecule has 6 heteroatoms. The van der Waals surface area contributed by atoms with Gasteiger partial charge in [0.2, 0.25) is 0 Å². The van der Waals surface area contributed by atoms with Gasteiger partial charge in [-0.1, -0.05) is 127 Å². The minimum absolute atomic E-state index is 0.271. The first kappa shape index (κ1) is 30.1. The molecule has 0 bridgehead atoms. The molecule has 1 radical (unpaired) electrons. The molecule has 5 rings (SSSR count). The number of carbonyl (C=O) groups is 1. The zero-order valence-electron chi connectivity index (χ0n) is 20.8. The predicted molar refractivity (Wildman–Crippen MR) is 153 cm³/mol. The number of fused-ring (bicyclic) bond motifs is 3. The van der Waals surface area contributed by atoms with Crippen LogP contribution in [0.2, 0.25) is 0 Å². The quantitative estimate of drug-likeness (QED) is 0.166. The molecule has 0 atom stereocenters. The molecule has 2 nitrogen and oxygen atoms in total. The van der Waals surface area contributed by atoms with Gasteiger partial charge in [-0.2, -0.15) is 29.8 Å². The first-order valence-electron chi connectivity index (χ1n) is 11.5. The number of halogens is 2. The molecule has 1 aliphatic carbocycles. The van der Waals surface area contributed by atoms with E-state index >= 15 is 0 Å². The van der Waals surface area contributed by atoms with Crippen molar-refractivity contribution in [3.63, 3.8) is 0 Å². The molecule has 0 aliphatic heterocycles. The first-order valence-corrected chi connectivity index (χ1v) is 17.0. The van der Waals surface area contributed by atoms with Crippen LogP contribution in [0.4, 0.5) is 0 Å². The van der Waals surface area contributed by atoms with Crippen LogP contribution in [-0.4, -0.2) is 15.4 Å². The van der Waals surface area contributed by atoms with Gasteiger partial charge in [0.15, 0.2) is 0 Å². The summed E-state index contributed by atoms with van der Waals surface area (Å²) in [5.41, 5.74) is 11.6. The Hall–Kier alpha value is -2.14. The Bertz CT molecular complexity index is 1120. The van der Waals surface area contributed by atoms with Gasteiger partial charge in [0.25, 0.3) is 0 Å². The van der Waals surface area contributed by atoms with Gasteiger partial charge in [-0.25, -0.2) is 0 Å². The van der Waals surface area contributed by atoms with E-state index in [1.54, 1.807) is 20.8 Å². The van der Waals surface area contributed by atoms with E-state index in [0.29, 0.717) is 0 Å². The molecule has 1 aliphatic rings. The maximum Gasteiger partial charge on any atom is 0.103 e. The molecular formula is C30H30Cl2NOSiTi-2. The van der Waals surface area contributed by atoms with E-state index in [9.17, 15) is 4.79 Å². The topological polar surface area (TPSA) is 40.9 Å². The van der Waals surface area contributed by atoms with Gasteiger partial charge in [-0.05, 0) is 6.42 Å². The largest absolute Gasteiger partial charge is 0.179 e. The summed E-state index contributed by atoms with van der Waals surface area (Å²) in [4.78, 5) is 10.1. The normalized spacial score (nSPS) is 10.6. The van der Waals surface area contributed by atoms with Crippen molar-refractivity contribution < 1.29 is 21.8 Å². The molecule has 1 amide bonds. The fraction of sp³-hybridized carbons (Fsp3) is 0.167. The number of amides is 1. The molecule has 36 heavy (non-hydrogen) atoms. The van der Waals surface area contributed by atoms with Crippen molar-refractivity contribution >= 4 is 44.4 Å². The Morgan fingerprint density at radius 1 is 0.806 bits per heavy atom.